The second kappa shape index (κ2) is 7.82. The van der Waals surface area contributed by atoms with Crippen molar-refractivity contribution in [3.05, 3.63) is 99.9 Å². The van der Waals surface area contributed by atoms with Crippen LogP contribution < -0.4 is 5.32 Å². The lowest BCUT2D eigenvalue weighted by Gasteiger charge is -2.39. The van der Waals surface area contributed by atoms with Gasteiger partial charge in [-0.1, -0.05) is 42.5 Å². The number of nitro groups is 1. The summed E-state index contributed by atoms with van der Waals surface area (Å²) in [6.45, 7) is 2.19. The average molecular weight is 392 g/mol. The minimum absolute atomic E-state index is 0.0873. The van der Waals surface area contributed by atoms with Crippen molar-refractivity contribution in [1.29, 1.82) is 0 Å². The van der Waals surface area contributed by atoms with E-state index in [0.29, 0.717) is 11.7 Å². The number of hydrogen-bond acceptors (Lipinski definition) is 3. The molecule has 1 aliphatic rings. The van der Waals surface area contributed by atoms with Crippen molar-refractivity contribution in [1.82, 2.24) is 14.8 Å². The summed E-state index contributed by atoms with van der Waals surface area (Å²) in [4.78, 5) is 13.0. The standard InChI is InChI=1S/C21H20N4O2S/c26-25(27)18-9-4-8-17(14-18)20-19-10-5-11-23(19)12-13-24(20)21(28)22-15-16-6-2-1-3-7-16/h1-11,14,20H,12-13,15H2,(H,22,28). The Hall–Kier alpha value is -3.19. The number of nitro benzene ring substituents is 1. The van der Waals surface area contributed by atoms with E-state index in [1.165, 1.54) is 6.07 Å². The van der Waals surface area contributed by atoms with Crippen LogP contribution in [0.15, 0.2) is 72.9 Å². The normalized spacial score (nSPS) is 15.7. The summed E-state index contributed by atoms with van der Waals surface area (Å²) in [5.41, 5.74) is 3.18. The largest absolute Gasteiger partial charge is 0.358 e. The molecule has 0 spiro atoms. The monoisotopic (exact) mass is 392 g/mol. The Bertz CT molecular complexity index is 1000. The first kappa shape index (κ1) is 18.2. The topological polar surface area (TPSA) is 63.3 Å². The quantitative estimate of drug-likeness (QED) is 0.415. The van der Waals surface area contributed by atoms with E-state index in [1.807, 2.05) is 36.5 Å². The molecule has 1 N–H and O–H groups in total. The van der Waals surface area contributed by atoms with Gasteiger partial charge in [0.15, 0.2) is 5.11 Å². The lowest BCUT2D eigenvalue weighted by Crippen LogP contribution is -2.46. The Morgan fingerprint density at radius 2 is 1.93 bits per heavy atom. The molecular weight excluding hydrogens is 372 g/mol. The number of aromatic nitrogens is 1. The molecule has 0 saturated carbocycles. The van der Waals surface area contributed by atoms with Gasteiger partial charge in [0, 0.05) is 43.7 Å². The van der Waals surface area contributed by atoms with Crippen molar-refractivity contribution in [2.75, 3.05) is 6.54 Å². The van der Waals surface area contributed by atoms with Crippen LogP contribution in [0.5, 0.6) is 0 Å². The Balaban J connectivity index is 1.63. The molecule has 142 valence electrons. The summed E-state index contributed by atoms with van der Waals surface area (Å²) in [6.07, 6.45) is 2.04. The molecule has 1 aliphatic heterocycles. The fourth-order valence-electron chi connectivity index (χ4n) is 3.64. The van der Waals surface area contributed by atoms with Gasteiger partial charge in [0.25, 0.3) is 5.69 Å². The van der Waals surface area contributed by atoms with Gasteiger partial charge in [-0.2, -0.15) is 0 Å². The highest BCUT2D eigenvalue weighted by atomic mass is 32.1. The highest BCUT2D eigenvalue weighted by Crippen LogP contribution is 2.34. The van der Waals surface area contributed by atoms with Crippen LogP contribution in [0.3, 0.4) is 0 Å². The van der Waals surface area contributed by atoms with Crippen LogP contribution in [0, 0.1) is 10.1 Å². The number of benzene rings is 2. The number of hydrogen-bond donors (Lipinski definition) is 1. The summed E-state index contributed by atoms with van der Waals surface area (Å²) in [6, 6.07) is 20.8. The second-order valence-corrected chi connectivity index (χ2v) is 7.11. The van der Waals surface area contributed by atoms with Gasteiger partial charge in [0.1, 0.15) is 0 Å². The molecular formula is C21H20N4O2S. The molecule has 0 amide bonds. The number of nitrogens with one attached hydrogen (secondary N) is 1. The summed E-state index contributed by atoms with van der Waals surface area (Å²) in [7, 11) is 0. The molecule has 1 atom stereocenters. The van der Waals surface area contributed by atoms with E-state index in [9.17, 15) is 10.1 Å². The highest BCUT2D eigenvalue weighted by Gasteiger charge is 2.31. The van der Waals surface area contributed by atoms with E-state index in [0.717, 1.165) is 29.9 Å². The summed E-state index contributed by atoms with van der Waals surface area (Å²) in [5.74, 6) is 0. The van der Waals surface area contributed by atoms with Crippen molar-refractivity contribution < 1.29 is 4.92 Å². The zero-order valence-corrected chi connectivity index (χ0v) is 16.0. The Labute approximate surface area is 168 Å². The maximum absolute atomic E-state index is 11.3. The van der Waals surface area contributed by atoms with Crippen LogP contribution in [0.4, 0.5) is 5.69 Å². The fraction of sp³-hybridized carbons (Fsp3) is 0.190. The molecule has 2 heterocycles. The number of non-ortho nitro benzene ring substituents is 1. The van der Waals surface area contributed by atoms with Gasteiger partial charge in [-0.05, 0) is 35.5 Å². The SMILES string of the molecule is O=[N+]([O-])c1cccc(C2c3cccn3CCN2C(=S)NCc2ccccc2)c1. The number of nitrogens with zero attached hydrogens (tertiary/aromatic N) is 3. The van der Waals surface area contributed by atoms with Gasteiger partial charge < -0.3 is 14.8 Å². The highest BCUT2D eigenvalue weighted by molar-refractivity contribution is 7.80. The summed E-state index contributed by atoms with van der Waals surface area (Å²) < 4.78 is 2.18. The molecule has 28 heavy (non-hydrogen) atoms. The van der Waals surface area contributed by atoms with Gasteiger partial charge >= 0.3 is 0 Å². The van der Waals surface area contributed by atoms with Gasteiger partial charge in [-0.25, -0.2) is 0 Å². The van der Waals surface area contributed by atoms with E-state index in [-0.39, 0.29) is 16.7 Å². The molecule has 2 aromatic carbocycles. The Kier molecular flexibility index (Phi) is 5.08. The van der Waals surface area contributed by atoms with E-state index >= 15 is 0 Å². The smallest absolute Gasteiger partial charge is 0.269 e. The predicted octanol–water partition coefficient (Wildman–Crippen LogP) is 3.88. The number of thiocarbonyl (C=S) groups is 1. The predicted molar refractivity (Wildman–Crippen MR) is 112 cm³/mol. The zero-order valence-electron chi connectivity index (χ0n) is 15.2. The zero-order chi connectivity index (χ0) is 19.5. The lowest BCUT2D eigenvalue weighted by molar-refractivity contribution is -0.384. The Morgan fingerprint density at radius 3 is 2.71 bits per heavy atom. The van der Waals surface area contributed by atoms with E-state index in [1.54, 1.807) is 12.1 Å². The van der Waals surface area contributed by atoms with Crippen molar-refractivity contribution in [2.45, 2.75) is 19.1 Å². The maximum atomic E-state index is 11.3. The molecule has 6 nitrogen and oxygen atoms in total. The second-order valence-electron chi connectivity index (χ2n) is 6.72. The molecule has 3 aromatic rings. The van der Waals surface area contributed by atoms with Crippen molar-refractivity contribution in [3.63, 3.8) is 0 Å². The van der Waals surface area contributed by atoms with Gasteiger partial charge in [-0.3, -0.25) is 10.1 Å². The fourth-order valence-corrected chi connectivity index (χ4v) is 3.91. The molecule has 0 saturated heterocycles. The molecule has 7 heteroatoms. The number of fused-ring (bicyclic) bond motifs is 1. The van der Waals surface area contributed by atoms with Crippen LogP contribution in [-0.2, 0) is 13.1 Å². The summed E-state index contributed by atoms with van der Waals surface area (Å²) >= 11 is 5.71. The summed E-state index contributed by atoms with van der Waals surface area (Å²) in [5, 5.41) is 15.2. The van der Waals surface area contributed by atoms with Crippen molar-refractivity contribution >= 4 is 23.0 Å². The molecule has 4 rings (SSSR count). The van der Waals surface area contributed by atoms with Gasteiger partial charge in [0.2, 0.25) is 0 Å². The van der Waals surface area contributed by atoms with Crippen LogP contribution >= 0.6 is 12.2 Å². The van der Waals surface area contributed by atoms with E-state index in [2.05, 4.69) is 33.0 Å². The van der Waals surface area contributed by atoms with Crippen LogP contribution in [0.1, 0.15) is 22.9 Å². The van der Waals surface area contributed by atoms with Crippen LogP contribution in [-0.4, -0.2) is 26.0 Å². The third kappa shape index (κ3) is 3.61. The van der Waals surface area contributed by atoms with Crippen LogP contribution in [0.2, 0.25) is 0 Å². The first-order valence-electron chi connectivity index (χ1n) is 9.11. The number of rotatable bonds is 4. The average Bonchev–Trinajstić information content (AvgIpc) is 3.21. The first-order chi connectivity index (χ1) is 13.6. The third-order valence-electron chi connectivity index (χ3n) is 4.98. The van der Waals surface area contributed by atoms with Gasteiger partial charge in [0.05, 0.1) is 11.0 Å². The molecule has 0 bridgehead atoms. The third-order valence-corrected chi connectivity index (χ3v) is 5.36. The van der Waals surface area contributed by atoms with Crippen LogP contribution in [0.25, 0.3) is 0 Å². The lowest BCUT2D eigenvalue weighted by atomic mass is 10.00. The van der Waals surface area contributed by atoms with Crippen molar-refractivity contribution in [2.24, 2.45) is 0 Å². The molecule has 0 fully saturated rings. The Morgan fingerprint density at radius 1 is 1.11 bits per heavy atom. The molecule has 0 radical (unpaired) electrons. The minimum atomic E-state index is -0.359. The van der Waals surface area contributed by atoms with Crippen molar-refractivity contribution in [3.8, 4) is 0 Å². The molecule has 0 aliphatic carbocycles. The maximum Gasteiger partial charge on any atom is 0.269 e. The first-order valence-corrected chi connectivity index (χ1v) is 9.52. The van der Waals surface area contributed by atoms with Gasteiger partial charge in [-0.15, -0.1) is 0 Å². The van der Waals surface area contributed by atoms with E-state index in [4.69, 9.17) is 12.2 Å². The molecule has 1 unspecified atom stereocenters. The minimum Gasteiger partial charge on any atom is -0.358 e. The molecule has 1 aromatic heterocycles. The van der Waals surface area contributed by atoms with E-state index < -0.39 is 0 Å².